The van der Waals surface area contributed by atoms with Crippen molar-refractivity contribution in [3.05, 3.63) is 11.3 Å². The Labute approximate surface area is 221 Å². The van der Waals surface area contributed by atoms with Gasteiger partial charge < -0.3 is 24.2 Å². The Balaban J connectivity index is 1.60. The second-order valence-corrected chi connectivity index (χ2v) is 11.9. The summed E-state index contributed by atoms with van der Waals surface area (Å²) in [6.07, 6.45) is 3.26. The summed E-state index contributed by atoms with van der Waals surface area (Å²) >= 11 is 3.48. The zero-order chi connectivity index (χ0) is 26.0. The average Bonchev–Trinajstić information content (AvgIpc) is 3.23. The number of fused-ring (bicyclic) bond motifs is 1. The van der Waals surface area contributed by atoms with Crippen LogP contribution in [-0.4, -0.2) is 94.0 Å². The molecule has 3 atom stereocenters. The van der Waals surface area contributed by atoms with E-state index in [1.807, 2.05) is 20.8 Å². The number of ether oxygens (including phenoxy) is 2. The van der Waals surface area contributed by atoms with Gasteiger partial charge in [0.25, 0.3) is 0 Å². The third kappa shape index (κ3) is 5.92. The molecule has 3 unspecified atom stereocenters. The fraction of sp³-hybridized carbons (Fsp3) is 0.720. The molecule has 2 saturated heterocycles. The number of nitrogens with zero attached hydrogens (tertiary/aromatic N) is 6. The highest BCUT2D eigenvalue weighted by molar-refractivity contribution is 9.10. The minimum absolute atomic E-state index is 0.0660. The van der Waals surface area contributed by atoms with Crippen molar-refractivity contribution in [3.8, 4) is 12.1 Å². The molecule has 2 fully saturated rings. The predicted molar refractivity (Wildman–Crippen MR) is 138 cm³/mol. The maximum Gasteiger partial charge on any atom is 0.410 e. The maximum absolute atomic E-state index is 13.0. The zero-order valence-electron chi connectivity index (χ0n) is 21.5. The van der Waals surface area contributed by atoms with E-state index in [1.54, 1.807) is 4.90 Å². The molecular weight excluding hydrogens is 528 g/mol. The lowest BCUT2D eigenvalue weighted by Crippen LogP contribution is -2.56. The second-order valence-electron chi connectivity index (χ2n) is 10.8. The van der Waals surface area contributed by atoms with Gasteiger partial charge in [-0.1, -0.05) is 15.9 Å². The van der Waals surface area contributed by atoms with E-state index in [0.717, 1.165) is 24.9 Å². The first-order chi connectivity index (χ1) is 17.1. The topological polar surface area (TPSA) is 112 Å². The van der Waals surface area contributed by atoms with E-state index in [2.05, 4.69) is 43.8 Å². The van der Waals surface area contributed by atoms with E-state index >= 15 is 0 Å². The molecule has 0 saturated carbocycles. The molecule has 3 heterocycles. The number of Topliss-reactive ketones (excluding diaryl/α,β-unsaturated/α-hetero) is 1. The van der Waals surface area contributed by atoms with Crippen LogP contribution in [-0.2, 0) is 11.2 Å². The van der Waals surface area contributed by atoms with Crippen LogP contribution in [0.2, 0.25) is 0 Å². The highest BCUT2D eigenvalue weighted by Gasteiger charge is 2.37. The van der Waals surface area contributed by atoms with Crippen LogP contribution in [0.5, 0.6) is 6.01 Å². The normalized spacial score (nSPS) is 24.9. The average molecular weight is 563 g/mol. The highest BCUT2D eigenvalue weighted by atomic mass is 79.9. The van der Waals surface area contributed by atoms with Gasteiger partial charge in [0.15, 0.2) is 5.78 Å². The first-order valence-electron chi connectivity index (χ1n) is 12.6. The predicted octanol–water partition coefficient (Wildman–Crippen LogP) is 3.18. The van der Waals surface area contributed by atoms with Gasteiger partial charge in [0.05, 0.1) is 23.4 Å². The van der Waals surface area contributed by atoms with Crippen molar-refractivity contribution >= 4 is 33.6 Å². The number of halogens is 1. The number of carbonyl (C=O) groups excluding carboxylic acids is 2. The summed E-state index contributed by atoms with van der Waals surface area (Å²) in [5, 5.41) is 9.46. The van der Waals surface area contributed by atoms with Gasteiger partial charge in [-0.15, -0.1) is 0 Å². The van der Waals surface area contributed by atoms with Gasteiger partial charge in [-0.3, -0.25) is 4.79 Å². The molecule has 11 heteroatoms. The lowest BCUT2D eigenvalue weighted by Gasteiger charge is -2.42. The quantitative estimate of drug-likeness (QED) is 0.499. The highest BCUT2D eigenvalue weighted by Crippen LogP contribution is 2.34. The fourth-order valence-corrected chi connectivity index (χ4v) is 5.46. The van der Waals surface area contributed by atoms with Crippen LogP contribution in [0.3, 0.4) is 0 Å². The molecule has 10 nitrogen and oxygen atoms in total. The van der Waals surface area contributed by atoms with Crippen molar-refractivity contribution < 1.29 is 19.1 Å². The first-order valence-corrected chi connectivity index (χ1v) is 13.5. The molecule has 0 spiro atoms. The van der Waals surface area contributed by atoms with Crippen LogP contribution in [0, 0.1) is 11.3 Å². The standard InChI is InChI=1S/C25H35BrN6O4/c1-25(2,3)36-24(34)32-13-12-31(14-16(32)9-10-27)22-18-7-8-19(26)21(33)20(18)28-23(29-22)35-15-17-6-5-11-30(17)4/h16-17,19H,5-9,11-15H2,1-4H3. The Kier molecular flexibility index (Phi) is 8.05. The summed E-state index contributed by atoms with van der Waals surface area (Å²) < 4.78 is 11.6. The van der Waals surface area contributed by atoms with Crippen molar-refractivity contribution in [2.75, 3.05) is 44.7 Å². The Bertz CT molecular complexity index is 1040. The summed E-state index contributed by atoms with van der Waals surface area (Å²) in [6, 6.07) is 2.34. The van der Waals surface area contributed by atoms with Gasteiger partial charge in [-0.25, -0.2) is 4.79 Å². The number of carbonyl (C=O) groups is 2. The number of likely N-dealkylation sites (tertiary alicyclic amines) is 1. The lowest BCUT2D eigenvalue weighted by atomic mass is 9.94. The molecule has 36 heavy (non-hydrogen) atoms. The smallest absolute Gasteiger partial charge is 0.410 e. The Hall–Kier alpha value is -2.45. The SMILES string of the molecule is CN1CCCC1COc1nc2c(c(N3CCN(C(=O)OC(C)(C)C)C(CC#N)C3)n1)CCC(Br)C2=O. The number of hydrogen-bond donors (Lipinski definition) is 0. The summed E-state index contributed by atoms with van der Waals surface area (Å²) in [5.74, 6) is 0.595. The van der Waals surface area contributed by atoms with Crippen molar-refractivity contribution in [2.45, 2.75) is 75.4 Å². The van der Waals surface area contributed by atoms with Gasteiger partial charge in [0, 0.05) is 31.2 Å². The van der Waals surface area contributed by atoms with Crippen LogP contribution in [0.15, 0.2) is 0 Å². The van der Waals surface area contributed by atoms with Gasteiger partial charge in [-0.05, 0) is 60.0 Å². The van der Waals surface area contributed by atoms with Gasteiger partial charge in [0.2, 0.25) is 0 Å². The molecule has 4 rings (SSSR count). The number of likely N-dealkylation sites (N-methyl/N-ethyl adjacent to an activating group) is 1. The van der Waals surface area contributed by atoms with Gasteiger partial charge in [-0.2, -0.15) is 15.2 Å². The molecule has 1 amide bonds. The molecule has 1 aromatic heterocycles. The number of ketones is 1. The van der Waals surface area contributed by atoms with Crippen LogP contribution < -0.4 is 9.64 Å². The fourth-order valence-electron chi connectivity index (χ4n) is 5.01. The lowest BCUT2D eigenvalue weighted by molar-refractivity contribution is 0.0144. The summed E-state index contributed by atoms with van der Waals surface area (Å²) in [7, 11) is 2.08. The Morgan fingerprint density at radius 2 is 1.97 bits per heavy atom. The zero-order valence-corrected chi connectivity index (χ0v) is 23.1. The molecular formula is C25H35BrN6O4. The number of amides is 1. The number of aromatic nitrogens is 2. The third-order valence-electron chi connectivity index (χ3n) is 6.94. The van der Waals surface area contributed by atoms with E-state index in [-0.39, 0.29) is 29.1 Å². The second kappa shape index (κ2) is 10.9. The number of hydrogen-bond acceptors (Lipinski definition) is 9. The first kappa shape index (κ1) is 26.6. The molecule has 0 N–H and O–H groups in total. The molecule has 3 aliphatic rings. The van der Waals surface area contributed by atoms with E-state index in [1.165, 1.54) is 0 Å². The maximum atomic E-state index is 13.0. The van der Waals surface area contributed by atoms with Crippen molar-refractivity contribution in [3.63, 3.8) is 0 Å². The number of anilines is 1. The Morgan fingerprint density at radius 1 is 1.19 bits per heavy atom. The van der Waals surface area contributed by atoms with E-state index in [4.69, 9.17) is 14.5 Å². The van der Waals surface area contributed by atoms with Crippen LogP contribution >= 0.6 is 15.9 Å². The number of rotatable bonds is 5. The largest absolute Gasteiger partial charge is 0.462 e. The third-order valence-corrected chi connectivity index (χ3v) is 7.82. The minimum atomic E-state index is -0.622. The molecule has 0 bridgehead atoms. The van der Waals surface area contributed by atoms with E-state index in [9.17, 15) is 14.9 Å². The van der Waals surface area contributed by atoms with Crippen molar-refractivity contribution in [1.82, 2.24) is 19.8 Å². The van der Waals surface area contributed by atoms with Gasteiger partial charge >= 0.3 is 12.1 Å². The van der Waals surface area contributed by atoms with E-state index in [0.29, 0.717) is 56.6 Å². The van der Waals surface area contributed by atoms with Crippen LogP contribution in [0.25, 0.3) is 0 Å². The molecule has 196 valence electrons. The van der Waals surface area contributed by atoms with E-state index < -0.39 is 11.7 Å². The molecule has 1 aromatic rings. The summed E-state index contributed by atoms with van der Waals surface area (Å²) in [5.41, 5.74) is 0.584. The number of alkyl halides is 1. The van der Waals surface area contributed by atoms with Crippen LogP contribution in [0.4, 0.5) is 10.6 Å². The summed E-state index contributed by atoms with van der Waals surface area (Å²) in [4.78, 5) is 40.8. The summed E-state index contributed by atoms with van der Waals surface area (Å²) in [6.45, 7) is 8.28. The van der Waals surface area contributed by atoms with Gasteiger partial charge in [0.1, 0.15) is 23.7 Å². The molecule has 1 aliphatic carbocycles. The monoisotopic (exact) mass is 562 g/mol. The molecule has 0 aromatic carbocycles. The van der Waals surface area contributed by atoms with Crippen molar-refractivity contribution in [2.24, 2.45) is 0 Å². The number of nitriles is 1. The Morgan fingerprint density at radius 3 is 2.64 bits per heavy atom. The van der Waals surface area contributed by atoms with Crippen LogP contribution in [0.1, 0.15) is 62.5 Å². The molecule has 2 aliphatic heterocycles. The van der Waals surface area contributed by atoms with Crippen molar-refractivity contribution in [1.29, 1.82) is 5.26 Å². The minimum Gasteiger partial charge on any atom is -0.462 e. The molecule has 0 radical (unpaired) electrons. The number of piperazine rings is 1.